The molecule has 0 saturated heterocycles. The third kappa shape index (κ3) is 1.68. The first kappa shape index (κ1) is 8.00. The Morgan fingerprint density at radius 2 is 2.36 bits per heavy atom. The zero-order valence-electron chi connectivity index (χ0n) is 5.41. The summed E-state index contributed by atoms with van der Waals surface area (Å²) in [5, 5.41) is 10.1. The predicted octanol–water partition coefficient (Wildman–Crippen LogP) is 2.55. The van der Waals surface area contributed by atoms with Gasteiger partial charge in [0.25, 0.3) is 0 Å². The number of nitrogens with zero attached hydrogens (tertiary/aromatic N) is 1. The molecule has 58 valence electrons. The number of nitro groups is 1. The van der Waals surface area contributed by atoms with E-state index in [-0.39, 0.29) is 5.88 Å². The average Bonchev–Trinajstić information content (AvgIpc) is 2.33. The van der Waals surface area contributed by atoms with E-state index in [2.05, 4.69) is 22.5 Å². The minimum Gasteiger partial charge on any atom is -0.400 e. The summed E-state index contributed by atoms with van der Waals surface area (Å²) in [7, 11) is 0. The summed E-state index contributed by atoms with van der Waals surface area (Å²) >= 11 is 3.03. The molecule has 0 spiro atoms. The topological polar surface area (TPSA) is 56.3 Å². The van der Waals surface area contributed by atoms with Crippen molar-refractivity contribution in [3.05, 3.63) is 34.6 Å². The summed E-state index contributed by atoms with van der Waals surface area (Å²) in [6, 6.07) is 2.76. The smallest absolute Gasteiger partial charge is 0.400 e. The van der Waals surface area contributed by atoms with Crippen LogP contribution in [0, 0.1) is 10.1 Å². The molecule has 5 heteroatoms. The van der Waals surface area contributed by atoms with Crippen molar-refractivity contribution in [1.29, 1.82) is 0 Å². The summed E-state index contributed by atoms with van der Waals surface area (Å²) in [5.74, 6) is 0.0947. The summed E-state index contributed by atoms with van der Waals surface area (Å²) in [6.07, 6.45) is 0. The van der Waals surface area contributed by atoms with Gasteiger partial charge in [-0.05, 0) is 22.0 Å². The van der Waals surface area contributed by atoms with Crippen LogP contribution in [0.3, 0.4) is 0 Å². The van der Waals surface area contributed by atoms with E-state index in [4.69, 9.17) is 4.42 Å². The van der Waals surface area contributed by atoms with Crippen LogP contribution in [0.4, 0.5) is 5.88 Å². The van der Waals surface area contributed by atoms with Gasteiger partial charge in [-0.3, -0.25) is 10.1 Å². The van der Waals surface area contributed by atoms with Crippen LogP contribution >= 0.6 is 15.9 Å². The van der Waals surface area contributed by atoms with Gasteiger partial charge < -0.3 is 4.42 Å². The molecule has 0 aliphatic carbocycles. The minimum atomic E-state index is -0.598. The number of halogens is 1. The third-order valence-corrected chi connectivity index (χ3v) is 1.43. The van der Waals surface area contributed by atoms with Crippen LogP contribution in [0.2, 0.25) is 0 Å². The molecule has 0 fully saturated rings. The number of hydrogen-bond acceptors (Lipinski definition) is 3. The standard InChI is InChI=1S/C6H4BrNO3/c1-4(7)5-2-3-6(11-5)8(9)10/h2-3H,1H2. The van der Waals surface area contributed by atoms with E-state index in [1.807, 2.05) is 0 Å². The molecule has 1 rings (SSSR count). The average molecular weight is 218 g/mol. The van der Waals surface area contributed by atoms with Gasteiger partial charge in [0.1, 0.15) is 10.7 Å². The Labute approximate surface area is 70.8 Å². The first-order valence-electron chi connectivity index (χ1n) is 2.70. The second-order valence-corrected chi connectivity index (χ2v) is 2.76. The van der Waals surface area contributed by atoms with Crippen LogP contribution in [0.15, 0.2) is 23.1 Å². The van der Waals surface area contributed by atoms with Crippen LogP contribution in [-0.4, -0.2) is 4.92 Å². The Hall–Kier alpha value is -1.10. The van der Waals surface area contributed by atoms with Crippen LogP contribution in [0.25, 0.3) is 4.48 Å². The van der Waals surface area contributed by atoms with Gasteiger partial charge in [-0.1, -0.05) is 6.58 Å². The van der Waals surface area contributed by atoms with Gasteiger partial charge in [-0.15, -0.1) is 0 Å². The van der Waals surface area contributed by atoms with Gasteiger partial charge in [-0.25, -0.2) is 0 Å². The Kier molecular flexibility index (Phi) is 2.09. The maximum absolute atomic E-state index is 10.1. The van der Waals surface area contributed by atoms with Crippen LogP contribution in [-0.2, 0) is 0 Å². The van der Waals surface area contributed by atoms with Crippen molar-refractivity contribution < 1.29 is 9.34 Å². The highest BCUT2D eigenvalue weighted by Crippen LogP contribution is 2.24. The monoisotopic (exact) mass is 217 g/mol. The normalized spacial score (nSPS) is 9.55. The number of hydrogen-bond donors (Lipinski definition) is 0. The summed E-state index contributed by atoms with van der Waals surface area (Å²) in [4.78, 5) is 9.51. The molecule has 0 unspecified atom stereocenters. The largest absolute Gasteiger partial charge is 0.433 e. The summed E-state index contributed by atoms with van der Waals surface area (Å²) in [5.41, 5.74) is 0. The lowest BCUT2D eigenvalue weighted by atomic mass is 10.4. The van der Waals surface area contributed by atoms with Crippen molar-refractivity contribution in [2.75, 3.05) is 0 Å². The van der Waals surface area contributed by atoms with Crippen molar-refractivity contribution in [3.63, 3.8) is 0 Å². The molecular weight excluding hydrogens is 214 g/mol. The zero-order chi connectivity index (χ0) is 8.43. The number of furan rings is 1. The first-order valence-corrected chi connectivity index (χ1v) is 3.49. The maximum atomic E-state index is 10.1. The molecule has 0 aliphatic heterocycles. The van der Waals surface area contributed by atoms with Crippen molar-refractivity contribution in [3.8, 4) is 0 Å². The lowest BCUT2D eigenvalue weighted by molar-refractivity contribution is -0.402. The van der Waals surface area contributed by atoms with E-state index in [0.29, 0.717) is 10.2 Å². The highest BCUT2D eigenvalue weighted by Gasteiger charge is 2.11. The molecule has 0 aliphatic rings. The first-order chi connectivity index (χ1) is 5.11. The second kappa shape index (κ2) is 2.87. The molecule has 0 bridgehead atoms. The molecule has 0 radical (unpaired) electrons. The molecular formula is C6H4BrNO3. The molecule has 0 saturated carbocycles. The predicted molar refractivity (Wildman–Crippen MR) is 43.3 cm³/mol. The molecule has 1 aromatic heterocycles. The molecule has 0 amide bonds. The molecule has 1 heterocycles. The molecule has 4 nitrogen and oxygen atoms in total. The van der Waals surface area contributed by atoms with Gasteiger partial charge in [0.15, 0.2) is 0 Å². The Bertz CT molecular complexity index is 276. The van der Waals surface area contributed by atoms with Gasteiger partial charge in [0.2, 0.25) is 0 Å². The van der Waals surface area contributed by atoms with E-state index in [1.54, 1.807) is 0 Å². The van der Waals surface area contributed by atoms with Crippen molar-refractivity contribution in [2.24, 2.45) is 0 Å². The third-order valence-electron chi connectivity index (χ3n) is 1.04. The Balaban J connectivity index is 2.99. The van der Waals surface area contributed by atoms with Crippen LogP contribution in [0.5, 0.6) is 0 Å². The van der Waals surface area contributed by atoms with Gasteiger partial charge in [-0.2, -0.15) is 0 Å². The second-order valence-electron chi connectivity index (χ2n) is 1.80. The molecule has 0 aromatic carbocycles. The zero-order valence-corrected chi connectivity index (χ0v) is 7.00. The molecule has 11 heavy (non-hydrogen) atoms. The molecule has 1 aromatic rings. The molecule has 0 atom stereocenters. The quantitative estimate of drug-likeness (QED) is 0.566. The summed E-state index contributed by atoms with van der Waals surface area (Å²) in [6.45, 7) is 3.50. The fraction of sp³-hybridized carbons (Fsp3) is 0. The lowest BCUT2D eigenvalue weighted by Crippen LogP contribution is -1.82. The van der Waals surface area contributed by atoms with Crippen LogP contribution < -0.4 is 0 Å². The minimum absolute atomic E-state index is 0.277. The maximum Gasteiger partial charge on any atom is 0.433 e. The Morgan fingerprint density at radius 1 is 1.73 bits per heavy atom. The summed E-state index contributed by atoms with van der Waals surface area (Å²) < 4.78 is 5.25. The van der Waals surface area contributed by atoms with Gasteiger partial charge in [0.05, 0.1) is 10.5 Å². The van der Waals surface area contributed by atoms with E-state index in [9.17, 15) is 10.1 Å². The Morgan fingerprint density at radius 3 is 2.64 bits per heavy atom. The fourth-order valence-electron chi connectivity index (χ4n) is 0.572. The number of rotatable bonds is 2. The highest BCUT2D eigenvalue weighted by molar-refractivity contribution is 9.15. The van der Waals surface area contributed by atoms with E-state index in [1.165, 1.54) is 12.1 Å². The van der Waals surface area contributed by atoms with E-state index in [0.717, 1.165) is 0 Å². The van der Waals surface area contributed by atoms with E-state index >= 15 is 0 Å². The van der Waals surface area contributed by atoms with E-state index < -0.39 is 4.92 Å². The van der Waals surface area contributed by atoms with Crippen molar-refractivity contribution >= 4 is 26.3 Å². The van der Waals surface area contributed by atoms with Gasteiger partial charge >= 0.3 is 5.88 Å². The van der Waals surface area contributed by atoms with Crippen LogP contribution in [0.1, 0.15) is 5.76 Å². The SMILES string of the molecule is C=C(Br)c1ccc([N+](=O)[O-])o1. The lowest BCUT2D eigenvalue weighted by Gasteiger charge is -1.85. The highest BCUT2D eigenvalue weighted by atomic mass is 79.9. The van der Waals surface area contributed by atoms with Crippen molar-refractivity contribution in [1.82, 2.24) is 0 Å². The molecule has 0 N–H and O–H groups in total. The van der Waals surface area contributed by atoms with Gasteiger partial charge in [0, 0.05) is 0 Å². The fourth-order valence-corrected chi connectivity index (χ4v) is 0.785. The van der Waals surface area contributed by atoms with Crippen molar-refractivity contribution in [2.45, 2.75) is 0 Å².